The summed E-state index contributed by atoms with van der Waals surface area (Å²) < 4.78 is 6.87. The topological polar surface area (TPSA) is 20.2 Å². The largest absolute Gasteiger partial charge is 0.432 e. The summed E-state index contributed by atoms with van der Waals surface area (Å²) in [4.78, 5) is 4.77. The maximum Gasteiger partial charge on any atom is 0.193 e. The van der Waals surface area contributed by atoms with E-state index in [1.54, 1.807) is 0 Å². The van der Waals surface area contributed by atoms with Crippen LogP contribution < -0.4 is 0 Å². The van der Waals surface area contributed by atoms with Crippen LogP contribution in [0, 0.1) is 0 Å². The summed E-state index contributed by atoms with van der Waals surface area (Å²) in [5, 5.41) is 0. The minimum atomic E-state index is -1.52. The fraction of sp³-hybridized carbons (Fsp3) is 1.00. The summed E-state index contributed by atoms with van der Waals surface area (Å²) in [6.45, 7) is 6.36. The van der Waals surface area contributed by atoms with Gasteiger partial charge in [-0.05, 0) is 18.1 Å². The molecule has 0 saturated carbocycles. The average molecular weight is 133 g/mol. The second-order valence-corrected chi connectivity index (χ2v) is 6.73. The average Bonchev–Trinajstić information content (AvgIpc) is 1.95. The summed E-state index contributed by atoms with van der Waals surface area (Å²) in [6.07, 6.45) is 0. The molecule has 0 saturated heterocycles. The minimum absolute atomic E-state index is 1.07. The quantitative estimate of drug-likeness (QED) is 0.581. The summed E-state index contributed by atoms with van der Waals surface area (Å²) in [5.74, 6) is 0. The van der Waals surface area contributed by atoms with E-state index in [9.17, 15) is 0 Å². The van der Waals surface area contributed by atoms with Crippen LogP contribution in [0.5, 0.6) is 0 Å². The minimum Gasteiger partial charge on any atom is -0.432 e. The van der Waals surface area contributed by atoms with Crippen LogP contribution in [-0.2, 0) is 0 Å². The predicted molar refractivity (Wildman–Crippen MR) is 39.4 cm³/mol. The van der Waals surface area contributed by atoms with Gasteiger partial charge in [0.2, 0.25) is 0 Å². The standard InChI is InChI=1S/C6H16OSi/c1-4-8(7,5-2)6-3/h7H,4-6H2,1-3H3/i7D. The number of hydrogen-bond acceptors (Lipinski definition) is 1. The lowest BCUT2D eigenvalue weighted by Gasteiger charge is -2.18. The van der Waals surface area contributed by atoms with Gasteiger partial charge in [-0.1, -0.05) is 20.8 Å². The third kappa shape index (κ3) is 1.97. The molecule has 0 fully saturated rings. The van der Waals surface area contributed by atoms with Crippen LogP contribution in [0.25, 0.3) is 0 Å². The Kier molecular flexibility index (Phi) is 2.56. The second-order valence-electron chi connectivity index (χ2n) is 2.24. The van der Waals surface area contributed by atoms with Crippen molar-refractivity contribution < 1.29 is 4.80 Å². The van der Waals surface area contributed by atoms with Crippen LogP contribution in [0.3, 0.4) is 0 Å². The molecule has 0 aromatic rings. The van der Waals surface area contributed by atoms with E-state index in [0.29, 0.717) is 0 Å². The van der Waals surface area contributed by atoms with E-state index in [1.165, 1.54) is 0 Å². The van der Waals surface area contributed by atoms with Crippen LogP contribution >= 0.6 is 0 Å². The number of rotatable bonds is 4. The van der Waals surface area contributed by atoms with Crippen molar-refractivity contribution in [1.82, 2.24) is 0 Å². The summed E-state index contributed by atoms with van der Waals surface area (Å²) in [6, 6.07) is 3.22. The van der Waals surface area contributed by atoms with Crippen molar-refractivity contribution in [2.75, 3.05) is 0 Å². The van der Waals surface area contributed by atoms with E-state index in [1.807, 2.05) is 0 Å². The van der Waals surface area contributed by atoms with Crippen LogP contribution in [0.2, 0.25) is 18.1 Å². The van der Waals surface area contributed by atoms with Gasteiger partial charge in [0, 0.05) is 0 Å². The van der Waals surface area contributed by atoms with Crippen LogP contribution in [-0.4, -0.2) is 14.5 Å². The lowest BCUT2D eigenvalue weighted by atomic mass is 10.9. The van der Waals surface area contributed by atoms with Gasteiger partial charge in [-0.3, -0.25) is 0 Å². The van der Waals surface area contributed by atoms with Crippen molar-refractivity contribution in [1.29, 1.82) is 1.43 Å². The van der Waals surface area contributed by atoms with Gasteiger partial charge in [0.15, 0.2) is 9.75 Å². The zero-order valence-electron chi connectivity index (χ0n) is 7.03. The first-order chi connectivity index (χ1) is 4.24. The van der Waals surface area contributed by atoms with Crippen molar-refractivity contribution in [3.8, 4) is 0 Å². The third-order valence-corrected chi connectivity index (χ3v) is 5.80. The van der Waals surface area contributed by atoms with Crippen LogP contribution in [0.15, 0.2) is 0 Å². The van der Waals surface area contributed by atoms with Gasteiger partial charge in [0.1, 0.15) is 0 Å². The van der Waals surface area contributed by atoms with Gasteiger partial charge in [-0.15, -0.1) is 0 Å². The van der Waals surface area contributed by atoms with Crippen molar-refractivity contribution in [3.05, 3.63) is 0 Å². The summed E-state index contributed by atoms with van der Waals surface area (Å²) in [7, 11) is -1.52. The van der Waals surface area contributed by atoms with Crippen LogP contribution in [0.4, 0.5) is 0 Å². The molecule has 0 aromatic carbocycles. The molecule has 0 aliphatic carbocycles. The van der Waals surface area contributed by atoms with Gasteiger partial charge < -0.3 is 4.80 Å². The SMILES string of the molecule is [2H]O[Si](CC)(CC)CC. The van der Waals surface area contributed by atoms with Crippen molar-refractivity contribution in [2.45, 2.75) is 38.9 Å². The van der Waals surface area contributed by atoms with Crippen molar-refractivity contribution >= 4 is 8.32 Å². The lowest BCUT2D eigenvalue weighted by Crippen LogP contribution is -2.30. The lowest BCUT2D eigenvalue weighted by molar-refractivity contribution is 0.531. The molecule has 2 heteroatoms. The van der Waals surface area contributed by atoms with Gasteiger partial charge in [0.05, 0.1) is 0 Å². The Balaban J connectivity index is 3.82. The zero-order chi connectivity index (χ0) is 7.33. The molecule has 0 aliphatic heterocycles. The van der Waals surface area contributed by atoms with E-state index in [2.05, 4.69) is 20.8 Å². The molecule has 1 nitrogen and oxygen atoms in total. The molecule has 0 atom stereocenters. The molecule has 0 spiro atoms. The van der Waals surface area contributed by atoms with Gasteiger partial charge >= 0.3 is 0 Å². The maximum atomic E-state index is 6.87. The van der Waals surface area contributed by atoms with Crippen molar-refractivity contribution in [2.24, 2.45) is 0 Å². The molecule has 0 amide bonds. The normalized spacial score (nSPS) is 13.6. The highest BCUT2D eigenvalue weighted by atomic mass is 28.4. The Labute approximate surface area is 54.4 Å². The molecule has 0 radical (unpaired) electrons. The second kappa shape index (κ2) is 3.25. The monoisotopic (exact) mass is 133 g/mol. The van der Waals surface area contributed by atoms with E-state index >= 15 is 0 Å². The molecular formula is C6H16OSi. The summed E-state index contributed by atoms with van der Waals surface area (Å²) in [5.41, 5.74) is 0. The first-order valence-corrected chi connectivity index (χ1v) is 5.92. The Hall–Kier alpha value is 0.177. The molecular weight excluding hydrogens is 116 g/mol. The molecule has 0 bridgehead atoms. The number of hydrogen-bond donors (Lipinski definition) is 1. The molecule has 50 valence electrons. The first kappa shape index (κ1) is 6.30. The highest BCUT2D eigenvalue weighted by Gasteiger charge is 2.22. The van der Waals surface area contributed by atoms with Crippen molar-refractivity contribution in [3.63, 3.8) is 0 Å². The first-order valence-electron chi connectivity index (χ1n) is 3.79. The Morgan fingerprint density at radius 2 is 1.62 bits per heavy atom. The molecule has 1 N–H and O–H groups in total. The fourth-order valence-electron chi connectivity index (χ4n) is 0.750. The molecule has 0 heterocycles. The van der Waals surface area contributed by atoms with E-state index in [-0.39, 0.29) is 0 Å². The summed E-state index contributed by atoms with van der Waals surface area (Å²) >= 11 is 0. The van der Waals surface area contributed by atoms with E-state index < -0.39 is 8.32 Å². The molecule has 0 unspecified atom stereocenters. The fourth-order valence-corrected chi connectivity index (χ4v) is 2.25. The molecule has 0 rings (SSSR count). The van der Waals surface area contributed by atoms with Gasteiger partial charge in [-0.2, -0.15) is 0 Å². The van der Waals surface area contributed by atoms with Gasteiger partial charge in [-0.25, -0.2) is 0 Å². The Morgan fingerprint density at radius 3 is 1.62 bits per heavy atom. The van der Waals surface area contributed by atoms with Gasteiger partial charge in [0.25, 0.3) is 0 Å². The predicted octanol–water partition coefficient (Wildman–Crippen LogP) is 1.98. The zero-order valence-corrected chi connectivity index (χ0v) is 7.03. The molecule has 0 aromatic heterocycles. The van der Waals surface area contributed by atoms with E-state index in [0.717, 1.165) is 18.1 Å². The molecule has 0 aliphatic rings. The Morgan fingerprint density at radius 1 is 1.25 bits per heavy atom. The molecule has 8 heavy (non-hydrogen) atoms. The Bertz CT molecular complexity index is 55.9. The highest BCUT2D eigenvalue weighted by Crippen LogP contribution is 2.14. The van der Waals surface area contributed by atoms with E-state index in [4.69, 9.17) is 6.23 Å². The third-order valence-electron chi connectivity index (χ3n) is 1.93. The smallest absolute Gasteiger partial charge is 0.193 e. The maximum absolute atomic E-state index is 6.87. The van der Waals surface area contributed by atoms with Crippen LogP contribution in [0.1, 0.15) is 20.8 Å². The highest BCUT2D eigenvalue weighted by molar-refractivity contribution is 6.72.